The van der Waals surface area contributed by atoms with Gasteiger partial charge in [-0.15, -0.1) is 0 Å². The van der Waals surface area contributed by atoms with Crippen molar-refractivity contribution < 1.29 is 17.9 Å². The van der Waals surface area contributed by atoms with Crippen LogP contribution < -0.4 is 14.2 Å². The Morgan fingerprint density at radius 3 is 2.30 bits per heavy atom. The molecule has 0 aliphatic heterocycles. The highest BCUT2D eigenvalue weighted by Crippen LogP contribution is 2.35. The zero-order chi connectivity index (χ0) is 14.8. The molecule has 1 aromatic rings. The van der Waals surface area contributed by atoms with Crippen LogP contribution in [-0.4, -0.2) is 28.7 Å². The number of benzene rings is 1. The molecule has 1 aromatic carbocycles. The van der Waals surface area contributed by atoms with Crippen molar-refractivity contribution in [3.8, 4) is 11.5 Å². The molecular weight excluding hydrogens is 346 g/mol. The molecule has 1 N–H and O–H groups in total. The molecule has 1 aliphatic rings. The third kappa shape index (κ3) is 3.27. The molecule has 0 saturated heterocycles. The minimum absolute atomic E-state index is 0.0133. The van der Waals surface area contributed by atoms with Crippen molar-refractivity contribution in [2.24, 2.45) is 0 Å². The van der Waals surface area contributed by atoms with Crippen LogP contribution in [0.25, 0.3) is 0 Å². The number of methoxy groups -OCH3 is 2. The summed E-state index contributed by atoms with van der Waals surface area (Å²) in [6.45, 7) is 0. The number of nitrogens with one attached hydrogen (secondary N) is 1. The van der Waals surface area contributed by atoms with E-state index in [2.05, 4.69) is 20.7 Å². The lowest BCUT2D eigenvalue weighted by Gasteiger charge is -2.16. The maximum atomic E-state index is 12.5. The summed E-state index contributed by atoms with van der Waals surface area (Å²) in [5, 5.41) is 0. The molecule has 0 atom stereocenters. The van der Waals surface area contributed by atoms with Gasteiger partial charge in [0, 0.05) is 12.1 Å². The average Bonchev–Trinajstić information content (AvgIpc) is 2.90. The van der Waals surface area contributed by atoms with Crippen LogP contribution in [0, 0.1) is 0 Å². The second-order valence-electron chi connectivity index (χ2n) is 4.74. The first kappa shape index (κ1) is 15.6. The SMILES string of the molecule is COc1cc(S(=O)(=O)NC2CCCC2)c(OC)cc1Br. The Kier molecular flexibility index (Phi) is 4.93. The number of rotatable bonds is 5. The monoisotopic (exact) mass is 363 g/mol. The fourth-order valence-corrected chi connectivity index (χ4v) is 4.32. The fourth-order valence-electron chi connectivity index (χ4n) is 2.37. The first-order chi connectivity index (χ1) is 9.47. The molecule has 1 saturated carbocycles. The van der Waals surface area contributed by atoms with Gasteiger partial charge in [-0.25, -0.2) is 13.1 Å². The lowest BCUT2D eigenvalue weighted by Crippen LogP contribution is -2.32. The summed E-state index contributed by atoms with van der Waals surface area (Å²) in [4.78, 5) is 0.104. The standard InChI is InChI=1S/C13H18BrNO4S/c1-18-11-8-13(12(19-2)7-10(11)14)20(16,17)15-9-5-3-4-6-9/h7-9,15H,3-6H2,1-2H3. The quantitative estimate of drug-likeness (QED) is 0.873. The van der Waals surface area contributed by atoms with E-state index < -0.39 is 10.0 Å². The minimum Gasteiger partial charge on any atom is -0.496 e. The van der Waals surface area contributed by atoms with E-state index in [0.29, 0.717) is 16.0 Å². The summed E-state index contributed by atoms with van der Waals surface area (Å²) in [5.41, 5.74) is 0. The van der Waals surface area contributed by atoms with Crippen molar-refractivity contribution in [1.82, 2.24) is 4.72 Å². The largest absolute Gasteiger partial charge is 0.496 e. The van der Waals surface area contributed by atoms with E-state index in [1.54, 1.807) is 6.07 Å². The molecule has 2 rings (SSSR count). The fraction of sp³-hybridized carbons (Fsp3) is 0.538. The second kappa shape index (κ2) is 6.32. The molecule has 112 valence electrons. The van der Waals surface area contributed by atoms with Crippen molar-refractivity contribution in [3.63, 3.8) is 0 Å². The van der Waals surface area contributed by atoms with Crippen molar-refractivity contribution in [2.75, 3.05) is 14.2 Å². The van der Waals surface area contributed by atoms with E-state index >= 15 is 0 Å². The van der Waals surface area contributed by atoms with Crippen LogP contribution >= 0.6 is 15.9 Å². The molecule has 1 aliphatic carbocycles. The van der Waals surface area contributed by atoms with Gasteiger partial charge in [-0.05, 0) is 34.8 Å². The third-order valence-electron chi connectivity index (χ3n) is 3.40. The highest BCUT2D eigenvalue weighted by atomic mass is 79.9. The first-order valence-electron chi connectivity index (χ1n) is 6.42. The Balaban J connectivity index is 2.38. The molecule has 20 heavy (non-hydrogen) atoms. The molecular formula is C13H18BrNO4S. The van der Waals surface area contributed by atoms with E-state index in [1.807, 2.05) is 0 Å². The molecule has 7 heteroatoms. The Labute approximate surface area is 127 Å². The van der Waals surface area contributed by atoms with Crippen molar-refractivity contribution in [2.45, 2.75) is 36.6 Å². The van der Waals surface area contributed by atoms with Crippen molar-refractivity contribution in [3.05, 3.63) is 16.6 Å². The summed E-state index contributed by atoms with van der Waals surface area (Å²) in [5.74, 6) is 0.751. The lowest BCUT2D eigenvalue weighted by atomic mass is 10.3. The van der Waals surface area contributed by atoms with Crippen LogP contribution in [0.5, 0.6) is 11.5 Å². The second-order valence-corrected chi connectivity index (χ2v) is 7.28. The Hall–Kier alpha value is -0.790. The highest BCUT2D eigenvalue weighted by molar-refractivity contribution is 9.10. The summed E-state index contributed by atoms with van der Waals surface area (Å²) in [6, 6.07) is 3.08. The average molecular weight is 364 g/mol. The Morgan fingerprint density at radius 1 is 1.15 bits per heavy atom. The number of sulfonamides is 1. The van der Waals surface area contributed by atoms with Gasteiger partial charge in [0.05, 0.1) is 18.7 Å². The molecule has 0 bridgehead atoms. The van der Waals surface area contributed by atoms with E-state index in [-0.39, 0.29) is 10.9 Å². The minimum atomic E-state index is -3.61. The Morgan fingerprint density at radius 2 is 1.75 bits per heavy atom. The molecule has 5 nitrogen and oxygen atoms in total. The number of halogens is 1. The van der Waals surface area contributed by atoms with Crippen LogP contribution in [0.15, 0.2) is 21.5 Å². The number of ether oxygens (including phenoxy) is 2. The molecule has 0 amide bonds. The normalized spacial score (nSPS) is 16.4. The van der Waals surface area contributed by atoms with Gasteiger partial charge in [0.1, 0.15) is 16.4 Å². The first-order valence-corrected chi connectivity index (χ1v) is 8.69. The third-order valence-corrected chi connectivity index (χ3v) is 5.57. The molecule has 0 spiro atoms. The smallest absolute Gasteiger partial charge is 0.244 e. The van der Waals surface area contributed by atoms with Gasteiger partial charge in [0.25, 0.3) is 0 Å². The van der Waals surface area contributed by atoms with Gasteiger partial charge >= 0.3 is 0 Å². The predicted octanol–water partition coefficient (Wildman–Crippen LogP) is 2.69. The maximum Gasteiger partial charge on any atom is 0.244 e. The van der Waals surface area contributed by atoms with Gasteiger partial charge in [-0.3, -0.25) is 0 Å². The van der Waals surface area contributed by atoms with Crippen LogP contribution in [0.4, 0.5) is 0 Å². The maximum absolute atomic E-state index is 12.5. The zero-order valence-corrected chi connectivity index (χ0v) is 13.9. The number of hydrogen-bond acceptors (Lipinski definition) is 4. The van der Waals surface area contributed by atoms with Gasteiger partial charge in [-0.1, -0.05) is 12.8 Å². The van der Waals surface area contributed by atoms with Crippen molar-refractivity contribution >= 4 is 26.0 Å². The van der Waals surface area contributed by atoms with Crippen LogP contribution in [0.1, 0.15) is 25.7 Å². The van der Waals surface area contributed by atoms with Gasteiger partial charge in [-0.2, -0.15) is 0 Å². The van der Waals surface area contributed by atoms with Crippen LogP contribution in [-0.2, 0) is 10.0 Å². The molecule has 0 aromatic heterocycles. The Bertz CT molecular complexity index is 582. The van der Waals surface area contributed by atoms with E-state index in [1.165, 1.54) is 20.3 Å². The number of hydrogen-bond donors (Lipinski definition) is 1. The summed E-state index contributed by atoms with van der Waals surface area (Å²) < 4.78 is 38.7. The van der Waals surface area contributed by atoms with Crippen molar-refractivity contribution in [1.29, 1.82) is 0 Å². The summed E-state index contributed by atoms with van der Waals surface area (Å²) in [7, 11) is -0.671. The van der Waals surface area contributed by atoms with E-state index in [0.717, 1.165) is 25.7 Å². The molecule has 1 fully saturated rings. The molecule has 0 unspecified atom stereocenters. The zero-order valence-electron chi connectivity index (χ0n) is 11.5. The van der Waals surface area contributed by atoms with E-state index in [4.69, 9.17) is 9.47 Å². The highest BCUT2D eigenvalue weighted by Gasteiger charge is 2.26. The summed E-state index contributed by atoms with van der Waals surface area (Å²) >= 11 is 3.32. The summed E-state index contributed by atoms with van der Waals surface area (Å²) in [6.07, 6.45) is 3.90. The van der Waals surface area contributed by atoms with Gasteiger partial charge in [0.2, 0.25) is 10.0 Å². The molecule has 0 heterocycles. The van der Waals surface area contributed by atoms with Gasteiger partial charge in [0.15, 0.2) is 0 Å². The predicted molar refractivity (Wildman–Crippen MR) is 79.8 cm³/mol. The van der Waals surface area contributed by atoms with Crippen LogP contribution in [0.3, 0.4) is 0 Å². The van der Waals surface area contributed by atoms with Crippen LogP contribution in [0.2, 0.25) is 0 Å². The van der Waals surface area contributed by atoms with Gasteiger partial charge < -0.3 is 9.47 Å². The lowest BCUT2D eigenvalue weighted by molar-refractivity contribution is 0.389. The van der Waals surface area contributed by atoms with E-state index in [9.17, 15) is 8.42 Å². The topological polar surface area (TPSA) is 64.6 Å². The molecule has 0 radical (unpaired) electrons.